The molecule has 1 atom stereocenters. The van der Waals surface area contributed by atoms with Crippen LogP contribution in [0.3, 0.4) is 0 Å². The zero-order chi connectivity index (χ0) is 15.6. The van der Waals surface area contributed by atoms with E-state index in [9.17, 15) is 20.0 Å². The largest absolute Gasteiger partial charge is 0.480 e. The Hall–Kier alpha value is -2.71. The number of benzene rings is 1. The van der Waals surface area contributed by atoms with Gasteiger partial charge in [0.15, 0.2) is 5.52 Å². The Morgan fingerprint density at radius 3 is 2.67 bits per heavy atom. The summed E-state index contributed by atoms with van der Waals surface area (Å²) < 4.78 is 4.53. The molecule has 1 aromatic carbocycles. The van der Waals surface area contributed by atoms with Crippen LogP contribution in [0.5, 0.6) is 0 Å². The summed E-state index contributed by atoms with van der Waals surface area (Å²) in [6.45, 7) is 3.81. The summed E-state index contributed by atoms with van der Waals surface area (Å²) >= 11 is 0. The first-order chi connectivity index (χ1) is 9.90. The van der Waals surface area contributed by atoms with Gasteiger partial charge >= 0.3 is 11.7 Å². The van der Waals surface area contributed by atoms with E-state index in [4.69, 9.17) is 0 Å². The van der Waals surface area contributed by atoms with Crippen molar-refractivity contribution in [2.45, 2.75) is 26.3 Å². The van der Waals surface area contributed by atoms with E-state index >= 15 is 0 Å². The van der Waals surface area contributed by atoms with Crippen molar-refractivity contribution in [2.75, 3.05) is 5.32 Å². The first kappa shape index (κ1) is 14.7. The van der Waals surface area contributed by atoms with Crippen molar-refractivity contribution in [2.24, 2.45) is 5.92 Å². The Morgan fingerprint density at radius 2 is 2.10 bits per heavy atom. The minimum absolute atomic E-state index is 0.0151. The van der Waals surface area contributed by atoms with Crippen LogP contribution < -0.4 is 5.32 Å². The van der Waals surface area contributed by atoms with Crippen LogP contribution in [0, 0.1) is 16.0 Å². The molecule has 0 spiro atoms. The molecule has 0 aliphatic carbocycles. The number of nitrogens with one attached hydrogen (secondary N) is 1. The van der Waals surface area contributed by atoms with Crippen molar-refractivity contribution in [1.82, 2.24) is 10.3 Å². The second-order valence-electron chi connectivity index (χ2n) is 5.02. The Bertz CT molecular complexity index is 681. The lowest BCUT2D eigenvalue weighted by atomic mass is 10.0. The monoisotopic (exact) mass is 294 g/mol. The fraction of sp³-hybridized carbons (Fsp3) is 0.417. The van der Waals surface area contributed by atoms with E-state index in [0.29, 0.717) is 12.1 Å². The first-order valence-corrected chi connectivity index (χ1v) is 6.29. The zero-order valence-electron chi connectivity index (χ0n) is 11.4. The van der Waals surface area contributed by atoms with Crippen molar-refractivity contribution in [3.63, 3.8) is 0 Å². The van der Waals surface area contributed by atoms with Crippen LogP contribution in [-0.2, 0) is 4.79 Å². The molecule has 0 fully saturated rings. The van der Waals surface area contributed by atoms with Gasteiger partial charge in [-0.3, -0.25) is 10.1 Å². The minimum Gasteiger partial charge on any atom is -0.480 e. The Kier molecular flexibility index (Phi) is 4.01. The average molecular weight is 294 g/mol. The van der Waals surface area contributed by atoms with E-state index in [2.05, 4.69) is 20.3 Å². The summed E-state index contributed by atoms with van der Waals surface area (Å²) in [5.41, 5.74) is 0.218. The van der Waals surface area contributed by atoms with Crippen molar-refractivity contribution < 1.29 is 19.5 Å². The highest BCUT2D eigenvalue weighted by Crippen LogP contribution is 2.29. The molecule has 0 saturated heterocycles. The highest BCUT2D eigenvalue weighted by Gasteiger charge is 2.24. The quantitative estimate of drug-likeness (QED) is 0.611. The van der Waals surface area contributed by atoms with Gasteiger partial charge in [-0.1, -0.05) is 13.8 Å². The van der Waals surface area contributed by atoms with Crippen LogP contribution in [0.4, 0.5) is 11.4 Å². The molecule has 0 aliphatic heterocycles. The second-order valence-corrected chi connectivity index (χ2v) is 5.02. The molecule has 2 rings (SSSR count). The minimum atomic E-state index is -1.01. The molecule has 9 nitrogen and oxygen atoms in total. The maximum absolute atomic E-state index is 11.3. The highest BCUT2D eigenvalue weighted by atomic mass is 16.6. The van der Waals surface area contributed by atoms with Crippen LogP contribution in [0.1, 0.15) is 20.3 Å². The predicted octanol–water partition coefficient (Wildman–Crippen LogP) is 2.04. The molecular formula is C12H14N4O5. The van der Waals surface area contributed by atoms with Crippen LogP contribution in [0.2, 0.25) is 0 Å². The SMILES string of the molecule is CC(C)CC(Nc1ccc([N+](=O)[O-])c2nonc12)C(=O)O. The van der Waals surface area contributed by atoms with Gasteiger partial charge in [-0.25, -0.2) is 9.42 Å². The molecule has 1 unspecified atom stereocenters. The van der Waals surface area contributed by atoms with E-state index in [0.717, 1.165) is 0 Å². The van der Waals surface area contributed by atoms with E-state index in [1.807, 2.05) is 13.8 Å². The molecule has 21 heavy (non-hydrogen) atoms. The first-order valence-electron chi connectivity index (χ1n) is 6.29. The number of non-ortho nitro benzene ring substituents is 1. The van der Waals surface area contributed by atoms with Crippen molar-refractivity contribution >= 4 is 28.4 Å². The summed E-state index contributed by atoms with van der Waals surface area (Å²) in [5.74, 6) is -0.839. The third-order valence-electron chi connectivity index (χ3n) is 2.93. The summed E-state index contributed by atoms with van der Waals surface area (Å²) in [6, 6.07) is 1.82. The lowest BCUT2D eigenvalue weighted by molar-refractivity contribution is -0.383. The van der Waals surface area contributed by atoms with Gasteiger partial charge in [0.1, 0.15) is 6.04 Å². The van der Waals surface area contributed by atoms with Gasteiger partial charge in [0, 0.05) is 6.07 Å². The van der Waals surface area contributed by atoms with E-state index in [-0.39, 0.29) is 22.6 Å². The Morgan fingerprint density at radius 1 is 1.43 bits per heavy atom. The number of anilines is 1. The smallest absolute Gasteiger partial charge is 0.326 e. The van der Waals surface area contributed by atoms with E-state index < -0.39 is 16.9 Å². The maximum Gasteiger partial charge on any atom is 0.326 e. The lowest BCUT2D eigenvalue weighted by Gasteiger charge is -2.17. The van der Waals surface area contributed by atoms with Gasteiger partial charge in [-0.2, -0.15) is 0 Å². The van der Waals surface area contributed by atoms with Gasteiger partial charge in [0.25, 0.3) is 0 Å². The van der Waals surface area contributed by atoms with Crippen molar-refractivity contribution in [1.29, 1.82) is 0 Å². The molecule has 1 heterocycles. The number of hydrogen-bond acceptors (Lipinski definition) is 7. The number of hydrogen-bond donors (Lipinski definition) is 2. The fourth-order valence-corrected chi connectivity index (χ4v) is 2.00. The second kappa shape index (κ2) is 5.73. The van der Waals surface area contributed by atoms with Gasteiger partial charge in [-0.05, 0) is 28.7 Å². The van der Waals surface area contributed by atoms with E-state index in [1.54, 1.807) is 0 Å². The molecule has 0 bridgehead atoms. The molecule has 9 heteroatoms. The maximum atomic E-state index is 11.3. The van der Waals surface area contributed by atoms with Gasteiger partial charge in [0.05, 0.1) is 10.6 Å². The fourth-order valence-electron chi connectivity index (χ4n) is 2.00. The van der Waals surface area contributed by atoms with Gasteiger partial charge in [0.2, 0.25) is 5.52 Å². The van der Waals surface area contributed by atoms with Crippen LogP contribution in [-0.4, -0.2) is 32.4 Å². The number of aromatic nitrogens is 2. The molecule has 0 saturated carbocycles. The van der Waals surface area contributed by atoms with Crippen LogP contribution in [0.25, 0.3) is 11.0 Å². The molecular weight excluding hydrogens is 280 g/mol. The van der Waals surface area contributed by atoms with Crippen molar-refractivity contribution in [3.8, 4) is 0 Å². The molecule has 2 N–H and O–H groups in total. The topological polar surface area (TPSA) is 131 Å². The number of nitro benzene ring substituents is 1. The van der Waals surface area contributed by atoms with Crippen molar-refractivity contribution in [3.05, 3.63) is 22.2 Å². The zero-order valence-corrected chi connectivity index (χ0v) is 11.4. The molecule has 1 aromatic heterocycles. The summed E-state index contributed by atoms with van der Waals surface area (Å²) in [5, 5.41) is 30.0. The number of carbonyl (C=O) groups is 1. The standard InChI is InChI=1S/C12H14N4O5/c1-6(2)5-8(12(17)18)13-7-3-4-9(16(19)20)11-10(7)14-21-15-11/h3-4,6,8,13H,5H2,1-2H3,(H,17,18). The van der Waals surface area contributed by atoms with Crippen LogP contribution >= 0.6 is 0 Å². The number of nitrogens with zero attached hydrogens (tertiary/aromatic N) is 3. The number of carboxylic acids is 1. The predicted molar refractivity (Wildman–Crippen MR) is 73.0 cm³/mol. The highest BCUT2D eigenvalue weighted by molar-refractivity contribution is 5.94. The number of fused-ring (bicyclic) bond motifs is 1. The number of carboxylic acid groups (broad SMARTS) is 1. The summed E-state index contributed by atoms with van der Waals surface area (Å²) in [6.07, 6.45) is 0.402. The van der Waals surface area contributed by atoms with Gasteiger partial charge in [-0.15, -0.1) is 0 Å². The summed E-state index contributed by atoms with van der Waals surface area (Å²) in [7, 11) is 0. The molecule has 112 valence electrons. The third-order valence-corrected chi connectivity index (χ3v) is 2.93. The summed E-state index contributed by atoms with van der Waals surface area (Å²) in [4.78, 5) is 21.5. The molecule has 0 radical (unpaired) electrons. The third kappa shape index (κ3) is 3.07. The number of aliphatic carboxylic acids is 1. The Labute approximate surface area is 119 Å². The average Bonchev–Trinajstić information content (AvgIpc) is 2.86. The molecule has 0 amide bonds. The Balaban J connectivity index is 2.38. The van der Waals surface area contributed by atoms with Gasteiger partial charge < -0.3 is 10.4 Å². The van der Waals surface area contributed by atoms with Crippen LogP contribution in [0.15, 0.2) is 16.8 Å². The number of rotatable bonds is 6. The van der Waals surface area contributed by atoms with E-state index in [1.165, 1.54) is 12.1 Å². The normalized spacial score (nSPS) is 12.5. The lowest BCUT2D eigenvalue weighted by Crippen LogP contribution is -2.30. The number of nitro groups is 1. The molecule has 2 aromatic rings. The molecule has 0 aliphatic rings.